The molecule has 0 bridgehead atoms. The molecule has 1 N–H and O–H groups in total. The van der Waals surface area contributed by atoms with Crippen LogP contribution in [0.4, 0.5) is 0 Å². The number of hydrogen-bond acceptors (Lipinski definition) is 4. The summed E-state index contributed by atoms with van der Waals surface area (Å²) in [4.78, 5) is 0. The number of nitrogens with one attached hydrogen (secondary N) is 1. The molecule has 1 fully saturated rings. The van der Waals surface area contributed by atoms with Crippen molar-refractivity contribution >= 4 is 45.2 Å². The van der Waals surface area contributed by atoms with Crippen molar-refractivity contribution in [2.24, 2.45) is 0 Å². The van der Waals surface area contributed by atoms with Crippen LogP contribution in [0.25, 0.3) is 0 Å². The summed E-state index contributed by atoms with van der Waals surface area (Å²) >= 11 is 4.74. The van der Waals surface area contributed by atoms with Gasteiger partial charge in [-0.15, -0.1) is 0 Å². The monoisotopic (exact) mass is 593 g/mol. The van der Waals surface area contributed by atoms with Crippen LogP contribution in [0.2, 0.25) is 0 Å². The second kappa shape index (κ2) is 10.9. The minimum absolute atomic E-state index is 0.177. The van der Waals surface area contributed by atoms with Gasteiger partial charge in [0, 0.05) is 26.7 Å². The number of rotatable bonds is 8. The van der Waals surface area contributed by atoms with Crippen molar-refractivity contribution < 1.29 is 14.2 Å². The van der Waals surface area contributed by atoms with Gasteiger partial charge in [0.15, 0.2) is 0 Å². The molecule has 2 atom stereocenters. The van der Waals surface area contributed by atoms with Gasteiger partial charge in [-0.1, -0.05) is 18.2 Å². The fourth-order valence-corrected chi connectivity index (χ4v) is 4.19. The third-order valence-electron chi connectivity index (χ3n) is 4.74. The Hall–Kier alpha value is -0.420. The van der Waals surface area contributed by atoms with Crippen molar-refractivity contribution in [3.05, 3.63) is 60.7 Å². The highest BCUT2D eigenvalue weighted by molar-refractivity contribution is 14.1. The van der Waals surface area contributed by atoms with Gasteiger partial charge in [0.25, 0.3) is 0 Å². The van der Waals surface area contributed by atoms with Crippen LogP contribution in [-0.4, -0.2) is 39.5 Å². The standard InChI is InChI=1S/C21H25I2NO3/c1-25-10-11-26-17-5-3-16(4-6-17)18-8-9-24-13-21(18)27-14-15-2-7-19(22)20(23)12-15/h2-7,12,18,21,24H,8-11,13-14H2,1H3. The number of benzene rings is 2. The Morgan fingerprint density at radius 1 is 1.04 bits per heavy atom. The van der Waals surface area contributed by atoms with Crippen LogP contribution in [0.15, 0.2) is 42.5 Å². The molecule has 6 heteroatoms. The van der Waals surface area contributed by atoms with Gasteiger partial charge in [-0.25, -0.2) is 0 Å². The fraction of sp³-hybridized carbons (Fsp3) is 0.429. The Labute approximate surface area is 188 Å². The minimum atomic E-state index is 0.177. The lowest BCUT2D eigenvalue weighted by Crippen LogP contribution is -2.40. The van der Waals surface area contributed by atoms with E-state index in [1.165, 1.54) is 18.3 Å². The van der Waals surface area contributed by atoms with Crippen LogP contribution in [0.5, 0.6) is 5.75 Å². The fourth-order valence-electron chi connectivity index (χ4n) is 3.27. The lowest BCUT2D eigenvalue weighted by Gasteiger charge is -2.32. The van der Waals surface area contributed by atoms with Gasteiger partial charge in [-0.05, 0) is 93.5 Å². The van der Waals surface area contributed by atoms with E-state index < -0.39 is 0 Å². The first-order valence-corrected chi connectivity index (χ1v) is 11.3. The molecule has 2 unspecified atom stereocenters. The van der Waals surface area contributed by atoms with E-state index in [9.17, 15) is 0 Å². The highest BCUT2D eigenvalue weighted by Crippen LogP contribution is 2.30. The summed E-state index contributed by atoms with van der Waals surface area (Å²) in [6.07, 6.45) is 1.26. The molecule has 3 rings (SSSR count). The van der Waals surface area contributed by atoms with Crippen molar-refractivity contribution in [2.75, 3.05) is 33.4 Å². The molecule has 1 heterocycles. The number of methoxy groups -OCH3 is 1. The van der Waals surface area contributed by atoms with Gasteiger partial charge in [0.2, 0.25) is 0 Å². The van der Waals surface area contributed by atoms with Gasteiger partial charge in [-0.2, -0.15) is 0 Å². The maximum Gasteiger partial charge on any atom is 0.119 e. The first kappa shape index (κ1) is 21.3. The highest BCUT2D eigenvalue weighted by atomic mass is 127. The quantitative estimate of drug-likeness (QED) is 0.360. The van der Waals surface area contributed by atoms with Crippen molar-refractivity contribution in [3.63, 3.8) is 0 Å². The van der Waals surface area contributed by atoms with Gasteiger partial charge in [-0.3, -0.25) is 0 Å². The van der Waals surface area contributed by atoms with Crippen LogP contribution in [-0.2, 0) is 16.1 Å². The van der Waals surface area contributed by atoms with Gasteiger partial charge >= 0.3 is 0 Å². The predicted molar refractivity (Wildman–Crippen MR) is 124 cm³/mol. The SMILES string of the molecule is COCCOc1ccc(C2CCNCC2OCc2ccc(I)c(I)c2)cc1. The van der Waals surface area contributed by atoms with Crippen LogP contribution in [0.3, 0.4) is 0 Å². The summed E-state index contributed by atoms with van der Waals surface area (Å²) in [5, 5.41) is 3.47. The second-order valence-corrected chi connectivity index (χ2v) is 8.93. The maximum atomic E-state index is 6.32. The molecule has 2 aromatic carbocycles. The summed E-state index contributed by atoms with van der Waals surface area (Å²) in [5.41, 5.74) is 2.55. The Bertz CT molecular complexity index is 724. The largest absolute Gasteiger partial charge is 0.491 e. The van der Waals surface area contributed by atoms with E-state index in [-0.39, 0.29) is 6.10 Å². The van der Waals surface area contributed by atoms with E-state index in [4.69, 9.17) is 14.2 Å². The Kier molecular flexibility index (Phi) is 8.63. The molecule has 1 aliphatic rings. The molecule has 4 nitrogen and oxygen atoms in total. The van der Waals surface area contributed by atoms with Gasteiger partial charge in [0.05, 0.1) is 19.3 Å². The molecule has 0 amide bonds. The average Bonchev–Trinajstić information content (AvgIpc) is 2.70. The summed E-state index contributed by atoms with van der Waals surface area (Å²) in [7, 11) is 1.68. The van der Waals surface area contributed by atoms with E-state index in [1.54, 1.807) is 7.11 Å². The average molecular weight is 593 g/mol. The molecule has 0 spiro atoms. The van der Waals surface area contributed by atoms with Gasteiger partial charge in [0.1, 0.15) is 12.4 Å². The zero-order valence-electron chi connectivity index (χ0n) is 15.4. The van der Waals surface area contributed by atoms with E-state index in [2.05, 4.69) is 80.8 Å². The summed E-state index contributed by atoms with van der Waals surface area (Å²) < 4.78 is 19.6. The van der Waals surface area contributed by atoms with E-state index in [1.807, 2.05) is 12.1 Å². The smallest absolute Gasteiger partial charge is 0.119 e. The molecule has 1 saturated heterocycles. The molecule has 146 valence electrons. The first-order chi connectivity index (χ1) is 13.2. The van der Waals surface area contributed by atoms with Crippen LogP contribution >= 0.6 is 45.2 Å². The topological polar surface area (TPSA) is 39.7 Å². The summed E-state index contributed by atoms with van der Waals surface area (Å²) in [6, 6.07) is 14.9. The summed E-state index contributed by atoms with van der Waals surface area (Å²) in [5.74, 6) is 1.29. The predicted octanol–water partition coefficient (Wildman–Crippen LogP) is 4.58. The van der Waals surface area contributed by atoms with Crippen molar-refractivity contribution in [3.8, 4) is 5.75 Å². The van der Waals surface area contributed by atoms with Crippen molar-refractivity contribution in [2.45, 2.75) is 25.0 Å². The molecule has 0 saturated carbocycles. The molecular weight excluding hydrogens is 568 g/mol. The Morgan fingerprint density at radius 2 is 1.85 bits per heavy atom. The molecular formula is C21H25I2NO3. The molecule has 2 aromatic rings. The minimum Gasteiger partial charge on any atom is -0.491 e. The molecule has 27 heavy (non-hydrogen) atoms. The van der Waals surface area contributed by atoms with Crippen molar-refractivity contribution in [1.29, 1.82) is 0 Å². The zero-order chi connectivity index (χ0) is 19.1. The normalized spacial score (nSPS) is 19.8. The van der Waals surface area contributed by atoms with E-state index in [0.717, 1.165) is 25.3 Å². The third kappa shape index (κ3) is 6.28. The first-order valence-electron chi connectivity index (χ1n) is 9.15. The molecule has 0 radical (unpaired) electrons. The van der Waals surface area contributed by atoms with Gasteiger partial charge < -0.3 is 19.5 Å². The summed E-state index contributed by atoms with van der Waals surface area (Å²) in [6.45, 7) is 3.73. The number of piperidine rings is 1. The Morgan fingerprint density at radius 3 is 2.59 bits per heavy atom. The van der Waals surface area contributed by atoms with Crippen molar-refractivity contribution in [1.82, 2.24) is 5.32 Å². The number of ether oxygens (including phenoxy) is 3. The molecule has 1 aliphatic heterocycles. The van der Waals surface area contributed by atoms with Crippen LogP contribution < -0.4 is 10.1 Å². The van der Waals surface area contributed by atoms with E-state index >= 15 is 0 Å². The second-order valence-electron chi connectivity index (χ2n) is 6.61. The highest BCUT2D eigenvalue weighted by Gasteiger charge is 2.27. The zero-order valence-corrected chi connectivity index (χ0v) is 19.7. The van der Waals surface area contributed by atoms with Crippen LogP contribution in [0, 0.1) is 7.14 Å². The Balaban J connectivity index is 1.61. The molecule has 0 aromatic heterocycles. The lowest BCUT2D eigenvalue weighted by molar-refractivity contribution is 0.0106. The van der Waals surface area contributed by atoms with E-state index in [0.29, 0.717) is 25.7 Å². The number of halogens is 2. The molecule has 0 aliphatic carbocycles. The maximum absolute atomic E-state index is 6.32. The lowest BCUT2D eigenvalue weighted by atomic mass is 9.87. The number of hydrogen-bond donors (Lipinski definition) is 1. The van der Waals surface area contributed by atoms with Crippen LogP contribution in [0.1, 0.15) is 23.5 Å². The third-order valence-corrected chi connectivity index (χ3v) is 7.60.